The van der Waals surface area contributed by atoms with Crippen LogP contribution < -0.4 is 0 Å². The minimum Gasteiger partial charge on any atom is -0.481 e. The predicted octanol–water partition coefficient (Wildman–Crippen LogP) is 2.44. The number of halogens is 2. The molecule has 1 fully saturated rings. The Hall–Kier alpha value is -1.66. The first-order chi connectivity index (χ1) is 10.00. The second-order valence-corrected chi connectivity index (χ2v) is 6.08. The lowest BCUT2D eigenvalue weighted by molar-refractivity contribution is -0.144. The zero-order chi connectivity index (χ0) is 15.0. The lowest BCUT2D eigenvalue weighted by Crippen LogP contribution is -2.23. The molecule has 1 heterocycles. The number of rotatable bonds is 5. The van der Waals surface area contributed by atoms with Gasteiger partial charge in [-0.2, -0.15) is 0 Å². The Morgan fingerprint density at radius 3 is 2.71 bits per heavy atom. The summed E-state index contributed by atoms with van der Waals surface area (Å²) in [4.78, 5) is 11.2. The first-order valence-corrected chi connectivity index (χ1v) is 7.18. The standard InChI is InChI=1S/C13H12Cl2N4O2/c14-9-2-1-8(5-10(9)15)6-11-16-17-18-19(11)7-13(3-4-13)12(20)21/h1-2,5H,3-4,6-7H2,(H,20,21). The number of aliphatic carboxylic acids is 1. The molecule has 8 heteroatoms. The van der Waals surface area contributed by atoms with Crippen molar-refractivity contribution >= 4 is 29.2 Å². The topological polar surface area (TPSA) is 80.9 Å². The molecule has 0 atom stereocenters. The van der Waals surface area contributed by atoms with Crippen molar-refractivity contribution < 1.29 is 9.90 Å². The van der Waals surface area contributed by atoms with Gasteiger partial charge in [0.25, 0.3) is 0 Å². The Labute approximate surface area is 130 Å². The third-order valence-electron chi connectivity index (χ3n) is 3.71. The highest BCUT2D eigenvalue weighted by Crippen LogP contribution is 2.47. The molecule has 1 aliphatic rings. The van der Waals surface area contributed by atoms with Crippen molar-refractivity contribution in [2.24, 2.45) is 5.41 Å². The third-order valence-corrected chi connectivity index (χ3v) is 4.45. The molecule has 6 nitrogen and oxygen atoms in total. The van der Waals surface area contributed by atoms with Crippen LogP contribution in [0.4, 0.5) is 0 Å². The van der Waals surface area contributed by atoms with E-state index in [-0.39, 0.29) is 0 Å². The van der Waals surface area contributed by atoms with Crippen molar-refractivity contribution in [2.75, 3.05) is 0 Å². The molecule has 0 saturated heterocycles. The van der Waals surface area contributed by atoms with Crippen LogP contribution in [0.15, 0.2) is 18.2 Å². The molecular weight excluding hydrogens is 315 g/mol. The minimum absolute atomic E-state index is 0.298. The number of carbonyl (C=O) groups is 1. The molecule has 1 N–H and O–H groups in total. The van der Waals surface area contributed by atoms with Gasteiger partial charge in [-0.3, -0.25) is 4.79 Å². The van der Waals surface area contributed by atoms with Gasteiger partial charge in [0.05, 0.1) is 22.0 Å². The quantitative estimate of drug-likeness (QED) is 0.912. The molecule has 3 rings (SSSR count). The monoisotopic (exact) mass is 326 g/mol. The van der Waals surface area contributed by atoms with E-state index in [0.717, 1.165) is 5.56 Å². The highest BCUT2D eigenvalue weighted by Gasteiger charge is 2.51. The molecule has 0 bridgehead atoms. The highest BCUT2D eigenvalue weighted by atomic mass is 35.5. The lowest BCUT2D eigenvalue weighted by Gasteiger charge is -2.10. The number of aromatic nitrogens is 4. The number of tetrazole rings is 1. The normalized spacial score (nSPS) is 15.9. The summed E-state index contributed by atoms with van der Waals surface area (Å²) in [5.74, 6) is -0.181. The summed E-state index contributed by atoms with van der Waals surface area (Å²) in [6.07, 6.45) is 1.79. The number of benzene rings is 1. The smallest absolute Gasteiger partial charge is 0.311 e. The molecular formula is C13H12Cl2N4O2. The summed E-state index contributed by atoms with van der Waals surface area (Å²) < 4.78 is 1.56. The molecule has 1 aromatic carbocycles. The van der Waals surface area contributed by atoms with Crippen molar-refractivity contribution in [1.29, 1.82) is 0 Å². The van der Waals surface area contributed by atoms with Crippen molar-refractivity contribution in [2.45, 2.75) is 25.8 Å². The molecule has 2 aromatic rings. The fraction of sp³-hybridized carbons (Fsp3) is 0.385. The molecule has 21 heavy (non-hydrogen) atoms. The molecule has 0 spiro atoms. The van der Waals surface area contributed by atoms with Crippen molar-refractivity contribution in [3.8, 4) is 0 Å². The first kappa shape index (κ1) is 14.3. The van der Waals surface area contributed by atoms with Crippen molar-refractivity contribution in [1.82, 2.24) is 20.2 Å². The number of hydrogen-bond donors (Lipinski definition) is 1. The van der Waals surface area contributed by atoms with E-state index >= 15 is 0 Å². The Morgan fingerprint density at radius 1 is 1.33 bits per heavy atom. The van der Waals surface area contributed by atoms with Gasteiger partial charge in [0, 0.05) is 6.42 Å². The van der Waals surface area contributed by atoms with E-state index in [4.69, 9.17) is 23.2 Å². The van der Waals surface area contributed by atoms with Crippen LogP contribution in [0.3, 0.4) is 0 Å². The lowest BCUT2D eigenvalue weighted by atomic mass is 10.1. The maximum absolute atomic E-state index is 11.2. The maximum atomic E-state index is 11.2. The summed E-state index contributed by atoms with van der Waals surface area (Å²) in [5.41, 5.74) is 0.211. The van der Waals surface area contributed by atoms with E-state index in [1.807, 2.05) is 6.07 Å². The average molecular weight is 327 g/mol. The van der Waals surface area contributed by atoms with Crippen molar-refractivity contribution in [3.63, 3.8) is 0 Å². The highest BCUT2D eigenvalue weighted by molar-refractivity contribution is 6.42. The zero-order valence-corrected chi connectivity index (χ0v) is 12.5. The van der Waals surface area contributed by atoms with Crippen LogP contribution in [0.25, 0.3) is 0 Å². The second kappa shape index (κ2) is 5.27. The Morgan fingerprint density at radius 2 is 2.10 bits per heavy atom. The Kier molecular flexibility index (Phi) is 3.59. The molecule has 1 aromatic heterocycles. The van der Waals surface area contributed by atoms with Gasteiger partial charge in [0.1, 0.15) is 0 Å². The van der Waals surface area contributed by atoms with Gasteiger partial charge in [0.15, 0.2) is 5.82 Å². The van der Waals surface area contributed by atoms with E-state index in [0.29, 0.717) is 41.7 Å². The summed E-state index contributed by atoms with van der Waals surface area (Å²) in [6, 6.07) is 5.32. The van der Waals surface area contributed by atoms with Gasteiger partial charge in [0.2, 0.25) is 0 Å². The predicted molar refractivity (Wildman–Crippen MR) is 76.4 cm³/mol. The second-order valence-electron chi connectivity index (χ2n) is 5.26. The molecule has 0 unspecified atom stereocenters. The van der Waals surface area contributed by atoms with Crippen LogP contribution in [0.1, 0.15) is 24.2 Å². The molecule has 110 valence electrons. The minimum atomic E-state index is -0.793. The molecule has 1 aliphatic carbocycles. The van der Waals surface area contributed by atoms with Gasteiger partial charge < -0.3 is 5.11 Å². The van der Waals surface area contributed by atoms with Gasteiger partial charge in [-0.05, 0) is 41.0 Å². The van der Waals surface area contributed by atoms with E-state index in [1.165, 1.54) is 0 Å². The number of nitrogens with zero attached hydrogens (tertiary/aromatic N) is 4. The van der Waals surface area contributed by atoms with Gasteiger partial charge in [-0.25, -0.2) is 4.68 Å². The Bertz CT molecular complexity index is 697. The number of carboxylic acids is 1. The average Bonchev–Trinajstić information content (AvgIpc) is 3.10. The maximum Gasteiger partial charge on any atom is 0.311 e. The van der Waals surface area contributed by atoms with Crippen LogP contribution in [-0.4, -0.2) is 31.3 Å². The van der Waals surface area contributed by atoms with Crippen LogP contribution >= 0.6 is 23.2 Å². The molecule has 1 saturated carbocycles. The fourth-order valence-corrected chi connectivity index (χ4v) is 2.50. The van der Waals surface area contributed by atoms with Gasteiger partial charge in [-0.1, -0.05) is 29.3 Å². The van der Waals surface area contributed by atoms with E-state index in [1.54, 1.807) is 16.8 Å². The fourth-order valence-electron chi connectivity index (χ4n) is 2.18. The van der Waals surface area contributed by atoms with Gasteiger partial charge >= 0.3 is 5.97 Å². The largest absolute Gasteiger partial charge is 0.481 e. The SMILES string of the molecule is O=C(O)C1(Cn2nnnc2Cc2ccc(Cl)c(Cl)c2)CC1. The van der Waals surface area contributed by atoms with E-state index in [9.17, 15) is 9.90 Å². The summed E-state index contributed by atoms with van der Waals surface area (Å²) in [5, 5.41) is 21.7. The van der Waals surface area contributed by atoms with Crippen molar-refractivity contribution in [3.05, 3.63) is 39.6 Å². The van der Waals surface area contributed by atoms with Crippen LogP contribution in [0, 0.1) is 5.41 Å². The molecule has 0 radical (unpaired) electrons. The van der Waals surface area contributed by atoms with Crippen LogP contribution in [0.2, 0.25) is 10.0 Å². The van der Waals surface area contributed by atoms with Gasteiger partial charge in [-0.15, -0.1) is 5.10 Å². The number of hydrogen-bond acceptors (Lipinski definition) is 4. The van der Waals surface area contributed by atoms with Crippen LogP contribution in [0.5, 0.6) is 0 Å². The summed E-state index contributed by atoms with van der Waals surface area (Å²) in [6.45, 7) is 0.298. The summed E-state index contributed by atoms with van der Waals surface area (Å²) >= 11 is 11.9. The van der Waals surface area contributed by atoms with Crippen LogP contribution in [-0.2, 0) is 17.8 Å². The first-order valence-electron chi connectivity index (χ1n) is 6.42. The Balaban J connectivity index is 1.79. The number of carboxylic acid groups (broad SMARTS) is 1. The molecule has 0 aliphatic heterocycles. The zero-order valence-electron chi connectivity index (χ0n) is 11.0. The molecule has 0 amide bonds. The van der Waals surface area contributed by atoms with E-state index < -0.39 is 11.4 Å². The summed E-state index contributed by atoms with van der Waals surface area (Å²) in [7, 11) is 0. The third kappa shape index (κ3) is 2.87. The van der Waals surface area contributed by atoms with E-state index in [2.05, 4.69) is 15.5 Å².